The lowest BCUT2D eigenvalue weighted by atomic mass is 9.94. The van der Waals surface area contributed by atoms with Crippen LogP contribution in [0.5, 0.6) is 5.75 Å². The van der Waals surface area contributed by atoms with Gasteiger partial charge in [-0.1, -0.05) is 0 Å². The first-order valence-corrected chi connectivity index (χ1v) is 10.4. The molecule has 8 nitrogen and oxygen atoms in total. The predicted octanol–water partition coefficient (Wildman–Crippen LogP) is 0.534. The predicted molar refractivity (Wildman–Crippen MR) is 99.0 cm³/mol. The second-order valence-corrected chi connectivity index (χ2v) is 8.79. The first-order valence-electron chi connectivity index (χ1n) is 9.00. The molecule has 0 aliphatic carbocycles. The number of phenolic OH excluding ortho intramolecular Hbond substituents is 1. The van der Waals surface area contributed by atoms with Crippen LogP contribution in [0.25, 0.3) is 0 Å². The summed E-state index contributed by atoms with van der Waals surface area (Å²) in [7, 11) is -2.05. The zero-order valence-electron chi connectivity index (χ0n) is 15.2. The number of piperidine rings is 1. The molecule has 2 saturated heterocycles. The van der Waals surface area contributed by atoms with Crippen LogP contribution in [0.15, 0.2) is 12.1 Å². The molecule has 2 heterocycles. The number of phenols is 1. The van der Waals surface area contributed by atoms with Crippen LogP contribution in [0, 0.1) is 11.7 Å². The third kappa shape index (κ3) is 4.69. The van der Waals surface area contributed by atoms with E-state index >= 15 is 0 Å². The van der Waals surface area contributed by atoms with Crippen molar-refractivity contribution in [3.63, 3.8) is 0 Å². The molecule has 0 unspecified atom stereocenters. The highest BCUT2D eigenvalue weighted by atomic mass is 32.2. The SMILES string of the molecule is CN1CCC(CCNCc2cc(O)c(N3CC(=O)NS3(=O)=O)c(F)c2)CC1. The molecular weight excluding hydrogens is 375 g/mol. The van der Waals surface area contributed by atoms with Gasteiger partial charge in [0.1, 0.15) is 18.0 Å². The Hall–Kier alpha value is -1.91. The molecule has 2 fully saturated rings. The maximum absolute atomic E-state index is 14.4. The van der Waals surface area contributed by atoms with Crippen molar-refractivity contribution in [3.05, 3.63) is 23.5 Å². The number of aromatic hydroxyl groups is 1. The fourth-order valence-corrected chi connectivity index (χ4v) is 4.69. The van der Waals surface area contributed by atoms with E-state index in [4.69, 9.17) is 0 Å². The molecule has 2 aliphatic heterocycles. The molecule has 0 aromatic heterocycles. The normalized spacial score (nSPS) is 20.8. The Bertz CT molecular complexity index is 786. The van der Waals surface area contributed by atoms with E-state index < -0.39 is 39.9 Å². The Balaban J connectivity index is 1.58. The minimum Gasteiger partial charge on any atom is -0.506 e. The summed E-state index contributed by atoms with van der Waals surface area (Å²) in [4.78, 5) is 13.6. The summed E-state index contributed by atoms with van der Waals surface area (Å²) in [5.74, 6) is -1.48. The lowest BCUT2D eigenvalue weighted by molar-refractivity contribution is -0.117. The number of hydrogen-bond acceptors (Lipinski definition) is 6. The molecule has 1 amide bonds. The van der Waals surface area contributed by atoms with Gasteiger partial charge in [0.05, 0.1) is 0 Å². The van der Waals surface area contributed by atoms with Crippen LogP contribution in [-0.4, -0.2) is 57.6 Å². The lowest BCUT2D eigenvalue weighted by Gasteiger charge is -2.28. The summed E-state index contributed by atoms with van der Waals surface area (Å²) in [5, 5.41) is 13.4. The molecule has 0 bridgehead atoms. The zero-order chi connectivity index (χ0) is 19.6. The minimum absolute atomic E-state index is 0.362. The van der Waals surface area contributed by atoms with Gasteiger partial charge in [0.15, 0.2) is 5.82 Å². The molecule has 0 spiro atoms. The second kappa shape index (κ2) is 7.99. The summed E-state index contributed by atoms with van der Waals surface area (Å²) < 4.78 is 40.4. The molecular formula is C17H25FN4O4S. The van der Waals surface area contributed by atoms with Crippen LogP contribution in [0.4, 0.5) is 10.1 Å². The number of anilines is 1. The van der Waals surface area contributed by atoms with Gasteiger partial charge in [0.2, 0.25) is 0 Å². The van der Waals surface area contributed by atoms with Crippen molar-refractivity contribution >= 4 is 21.8 Å². The summed E-state index contributed by atoms with van der Waals surface area (Å²) in [6, 6.07) is 2.50. The molecule has 0 atom stereocenters. The summed E-state index contributed by atoms with van der Waals surface area (Å²) in [6.07, 6.45) is 3.40. The number of nitrogens with zero attached hydrogens (tertiary/aromatic N) is 2. The molecule has 0 radical (unpaired) electrons. The second-order valence-electron chi connectivity index (χ2n) is 7.19. The number of benzene rings is 1. The number of likely N-dealkylation sites (tertiary alicyclic amines) is 1. The van der Waals surface area contributed by atoms with Crippen LogP contribution in [-0.2, 0) is 21.5 Å². The van der Waals surface area contributed by atoms with E-state index in [9.17, 15) is 22.7 Å². The number of halogens is 1. The van der Waals surface area contributed by atoms with Gasteiger partial charge < -0.3 is 15.3 Å². The van der Waals surface area contributed by atoms with Gasteiger partial charge in [0.25, 0.3) is 5.91 Å². The van der Waals surface area contributed by atoms with E-state index in [0.717, 1.165) is 26.1 Å². The summed E-state index contributed by atoms with van der Waals surface area (Å²) in [5.41, 5.74) is -0.00330. The molecule has 1 aromatic carbocycles. The fourth-order valence-electron chi connectivity index (χ4n) is 3.52. The van der Waals surface area contributed by atoms with Crippen molar-refractivity contribution in [2.75, 3.05) is 37.5 Å². The van der Waals surface area contributed by atoms with Crippen molar-refractivity contribution < 1.29 is 22.7 Å². The first kappa shape index (κ1) is 19.8. The van der Waals surface area contributed by atoms with Gasteiger partial charge in [-0.15, -0.1) is 0 Å². The number of carbonyl (C=O) groups excluding carboxylic acids is 1. The van der Waals surface area contributed by atoms with E-state index in [2.05, 4.69) is 17.3 Å². The van der Waals surface area contributed by atoms with Gasteiger partial charge in [0, 0.05) is 6.54 Å². The number of hydrogen-bond donors (Lipinski definition) is 3. The van der Waals surface area contributed by atoms with Crippen molar-refractivity contribution in [3.8, 4) is 5.75 Å². The maximum atomic E-state index is 14.4. The lowest BCUT2D eigenvalue weighted by Crippen LogP contribution is -2.31. The minimum atomic E-state index is -4.17. The number of nitrogens with one attached hydrogen (secondary N) is 2. The Morgan fingerprint density at radius 3 is 2.63 bits per heavy atom. The standard InChI is InChI=1S/C17H25FN4O4S/c1-21-6-3-12(4-7-21)2-5-19-10-13-8-14(18)17(15(23)9-13)22-11-16(24)20-27(22,25)26/h8-9,12,19,23H,2-7,10-11H2,1H3,(H,20,24). The van der Waals surface area contributed by atoms with Crippen molar-refractivity contribution in [1.82, 2.24) is 14.9 Å². The van der Waals surface area contributed by atoms with E-state index in [1.54, 1.807) is 4.72 Å². The van der Waals surface area contributed by atoms with Gasteiger partial charge in [-0.3, -0.25) is 4.79 Å². The van der Waals surface area contributed by atoms with E-state index in [0.29, 0.717) is 22.3 Å². The van der Waals surface area contributed by atoms with Gasteiger partial charge in [-0.05, 0) is 69.6 Å². The summed E-state index contributed by atoms with van der Waals surface area (Å²) >= 11 is 0. The first-order chi connectivity index (χ1) is 12.8. The van der Waals surface area contributed by atoms with Crippen LogP contribution in [0.2, 0.25) is 0 Å². The Morgan fingerprint density at radius 2 is 2.04 bits per heavy atom. The van der Waals surface area contributed by atoms with Gasteiger partial charge >= 0.3 is 10.2 Å². The Morgan fingerprint density at radius 1 is 1.33 bits per heavy atom. The van der Waals surface area contributed by atoms with Crippen LogP contribution >= 0.6 is 0 Å². The molecule has 27 heavy (non-hydrogen) atoms. The average molecular weight is 400 g/mol. The monoisotopic (exact) mass is 400 g/mol. The highest BCUT2D eigenvalue weighted by Crippen LogP contribution is 2.34. The molecule has 150 valence electrons. The van der Waals surface area contributed by atoms with E-state index in [-0.39, 0.29) is 0 Å². The van der Waals surface area contributed by atoms with Crippen LogP contribution in [0.3, 0.4) is 0 Å². The topological polar surface area (TPSA) is 102 Å². The molecule has 10 heteroatoms. The van der Waals surface area contributed by atoms with Gasteiger partial charge in [-0.2, -0.15) is 8.42 Å². The van der Waals surface area contributed by atoms with Crippen LogP contribution in [0.1, 0.15) is 24.8 Å². The Labute approximate surface area is 158 Å². The Kier molecular flexibility index (Phi) is 5.87. The van der Waals surface area contributed by atoms with E-state index in [1.165, 1.54) is 25.0 Å². The largest absolute Gasteiger partial charge is 0.506 e. The number of rotatable bonds is 6. The molecule has 2 aliphatic rings. The highest BCUT2D eigenvalue weighted by Gasteiger charge is 2.37. The van der Waals surface area contributed by atoms with Crippen LogP contribution < -0.4 is 14.3 Å². The molecule has 0 saturated carbocycles. The summed E-state index contributed by atoms with van der Waals surface area (Å²) in [6.45, 7) is 2.82. The number of amides is 1. The third-order valence-corrected chi connectivity index (χ3v) is 6.45. The molecule has 3 rings (SSSR count). The van der Waals surface area contributed by atoms with Crippen molar-refractivity contribution in [2.45, 2.75) is 25.8 Å². The van der Waals surface area contributed by atoms with E-state index in [1.807, 2.05) is 0 Å². The smallest absolute Gasteiger partial charge is 0.326 e. The molecule has 3 N–H and O–H groups in total. The van der Waals surface area contributed by atoms with Gasteiger partial charge in [-0.25, -0.2) is 13.4 Å². The quantitative estimate of drug-likeness (QED) is 0.603. The molecule has 1 aromatic rings. The third-order valence-electron chi connectivity index (χ3n) is 5.07. The van der Waals surface area contributed by atoms with Crippen molar-refractivity contribution in [1.29, 1.82) is 0 Å². The van der Waals surface area contributed by atoms with Crippen molar-refractivity contribution in [2.24, 2.45) is 5.92 Å². The highest BCUT2D eigenvalue weighted by molar-refractivity contribution is 7.92. The number of carbonyl (C=O) groups is 1. The fraction of sp³-hybridized carbons (Fsp3) is 0.588. The zero-order valence-corrected chi connectivity index (χ0v) is 16.1. The average Bonchev–Trinajstić information content (AvgIpc) is 2.85. The maximum Gasteiger partial charge on any atom is 0.326 e.